The summed E-state index contributed by atoms with van der Waals surface area (Å²) in [5.41, 5.74) is 5.75. The fraction of sp³-hybridized carbons (Fsp3) is 0.0667. The summed E-state index contributed by atoms with van der Waals surface area (Å²) >= 11 is 11.7. The molecule has 0 saturated heterocycles. The van der Waals surface area contributed by atoms with E-state index in [2.05, 4.69) is 10.9 Å². The number of amides is 2. The average molecular weight is 323 g/mol. The maximum Gasteiger partial charge on any atom is 0.271 e. The smallest absolute Gasteiger partial charge is 0.271 e. The van der Waals surface area contributed by atoms with Gasteiger partial charge in [-0.1, -0.05) is 53.5 Å². The van der Waals surface area contributed by atoms with Crippen molar-refractivity contribution >= 4 is 35.0 Å². The quantitative estimate of drug-likeness (QED) is 0.853. The molecule has 0 aliphatic carbocycles. The van der Waals surface area contributed by atoms with Gasteiger partial charge in [0.15, 0.2) is 0 Å². The van der Waals surface area contributed by atoms with Gasteiger partial charge in [-0.05, 0) is 23.8 Å². The highest BCUT2D eigenvalue weighted by atomic mass is 35.5. The number of hydrogen-bond donors (Lipinski definition) is 2. The van der Waals surface area contributed by atoms with Gasteiger partial charge in [-0.3, -0.25) is 20.4 Å². The second kappa shape index (κ2) is 7.11. The monoisotopic (exact) mass is 322 g/mol. The third kappa shape index (κ3) is 4.48. The molecule has 4 nitrogen and oxygen atoms in total. The van der Waals surface area contributed by atoms with Crippen LogP contribution >= 0.6 is 23.2 Å². The Morgan fingerprint density at radius 2 is 1.67 bits per heavy atom. The minimum absolute atomic E-state index is 0.176. The molecule has 0 fully saturated rings. The molecular weight excluding hydrogens is 311 g/mol. The predicted octanol–water partition coefficient (Wildman–Crippen LogP) is 3.00. The standard InChI is InChI=1S/C15H12Cl2N2O2/c16-11-6-7-12(13(17)9-11)15(21)19-18-14(20)8-10-4-2-1-3-5-10/h1-7,9H,8H2,(H,18,20)(H,19,21). The summed E-state index contributed by atoms with van der Waals surface area (Å²) in [4.78, 5) is 23.6. The molecule has 0 saturated carbocycles. The lowest BCUT2D eigenvalue weighted by atomic mass is 10.1. The molecule has 2 amide bonds. The van der Waals surface area contributed by atoms with Crippen molar-refractivity contribution in [1.29, 1.82) is 0 Å². The zero-order valence-corrected chi connectivity index (χ0v) is 12.4. The first-order valence-electron chi connectivity index (χ1n) is 6.14. The number of benzene rings is 2. The number of hydrazine groups is 1. The normalized spacial score (nSPS) is 10.0. The lowest BCUT2D eigenvalue weighted by Gasteiger charge is -2.08. The van der Waals surface area contributed by atoms with Gasteiger partial charge in [-0.25, -0.2) is 0 Å². The molecule has 0 heterocycles. The van der Waals surface area contributed by atoms with Crippen molar-refractivity contribution in [3.63, 3.8) is 0 Å². The highest BCUT2D eigenvalue weighted by Gasteiger charge is 2.11. The summed E-state index contributed by atoms with van der Waals surface area (Å²) < 4.78 is 0. The molecule has 6 heteroatoms. The lowest BCUT2D eigenvalue weighted by Crippen LogP contribution is -2.42. The van der Waals surface area contributed by atoms with Crippen LogP contribution in [0.5, 0.6) is 0 Å². The highest BCUT2D eigenvalue weighted by molar-refractivity contribution is 6.36. The van der Waals surface area contributed by atoms with Gasteiger partial charge in [0.05, 0.1) is 17.0 Å². The Balaban J connectivity index is 1.90. The van der Waals surface area contributed by atoms with Gasteiger partial charge in [0.1, 0.15) is 0 Å². The van der Waals surface area contributed by atoms with Crippen molar-refractivity contribution in [3.05, 3.63) is 69.7 Å². The lowest BCUT2D eigenvalue weighted by molar-refractivity contribution is -0.121. The van der Waals surface area contributed by atoms with Gasteiger partial charge < -0.3 is 0 Å². The summed E-state index contributed by atoms with van der Waals surface area (Å²) in [7, 11) is 0. The summed E-state index contributed by atoms with van der Waals surface area (Å²) in [6, 6.07) is 13.7. The van der Waals surface area contributed by atoms with E-state index in [-0.39, 0.29) is 22.9 Å². The molecule has 2 rings (SSSR count). The Kier molecular flexibility index (Phi) is 5.20. The average Bonchev–Trinajstić information content (AvgIpc) is 2.46. The predicted molar refractivity (Wildman–Crippen MR) is 82.2 cm³/mol. The Labute approximate surface area is 132 Å². The van der Waals surface area contributed by atoms with Gasteiger partial charge in [-0.2, -0.15) is 0 Å². The van der Waals surface area contributed by atoms with Crippen LogP contribution in [0.4, 0.5) is 0 Å². The van der Waals surface area contributed by atoms with Crippen molar-refractivity contribution in [2.75, 3.05) is 0 Å². The zero-order valence-electron chi connectivity index (χ0n) is 10.9. The van der Waals surface area contributed by atoms with E-state index >= 15 is 0 Å². The van der Waals surface area contributed by atoms with Crippen LogP contribution in [-0.4, -0.2) is 11.8 Å². The molecule has 0 aliphatic heterocycles. The summed E-state index contributed by atoms with van der Waals surface area (Å²) in [5.74, 6) is -0.822. The van der Waals surface area contributed by atoms with E-state index < -0.39 is 5.91 Å². The molecule has 2 N–H and O–H groups in total. The van der Waals surface area contributed by atoms with E-state index in [1.54, 1.807) is 6.07 Å². The summed E-state index contributed by atoms with van der Waals surface area (Å²) in [6.07, 6.45) is 0.176. The van der Waals surface area contributed by atoms with E-state index in [1.807, 2.05) is 30.3 Å². The SMILES string of the molecule is O=C(Cc1ccccc1)NNC(=O)c1ccc(Cl)cc1Cl. The van der Waals surface area contributed by atoms with E-state index in [9.17, 15) is 9.59 Å². The Bertz CT molecular complexity index is 660. The molecule has 0 aromatic heterocycles. The Hall–Kier alpha value is -2.04. The second-order valence-electron chi connectivity index (χ2n) is 4.29. The number of carbonyl (C=O) groups excluding carboxylic acids is 2. The van der Waals surface area contributed by atoms with Crippen LogP contribution in [0.25, 0.3) is 0 Å². The zero-order chi connectivity index (χ0) is 15.2. The van der Waals surface area contributed by atoms with Crippen LogP contribution in [0.3, 0.4) is 0 Å². The minimum Gasteiger partial charge on any atom is -0.273 e. The molecule has 0 aliphatic rings. The fourth-order valence-corrected chi connectivity index (χ4v) is 2.19. The number of carbonyl (C=O) groups is 2. The second-order valence-corrected chi connectivity index (χ2v) is 5.13. The van der Waals surface area contributed by atoms with Crippen LogP contribution in [0.1, 0.15) is 15.9 Å². The largest absolute Gasteiger partial charge is 0.273 e. The van der Waals surface area contributed by atoms with E-state index in [1.165, 1.54) is 12.1 Å². The van der Waals surface area contributed by atoms with E-state index in [4.69, 9.17) is 23.2 Å². The topological polar surface area (TPSA) is 58.2 Å². The van der Waals surface area contributed by atoms with Gasteiger partial charge in [0.2, 0.25) is 5.91 Å². The molecule has 0 unspecified atom stereocenters. The van der Waals surface area contributed by atoms with Crippen molar-refractivity contribution in [3.8, 4) is 0 Å². The Morgan fingerprint density at radius 1 is 0.952 bits per heavy atom. The third-order valence-corrected chi connectivity index (χ3v) is 3.25. The number of nitrogens with one attached hydrogen (secondary N) is 2. The Morgan fingerprint density at radius 3 is 2.33 bits per heavy atom. The first-order valence-corrected chi connectivity index (χ1v) is 6.90. The van der Waals surface area contributed by atoms with Crippen molar-refractivity contribution in [2.45, 2.75) is 6.42 Å². The summed E-state index contributed by atoms with van der Waals surface area (Å²) in [5, 5.41) is 0.655. The number of halogens is 2. The minimum atomic E-state index is -0.502. The van der Waals surface area contributed by atoms with Crippen molar-refractivity contribution < 1.29 is 9.59 Å². The maximum atomic E-state index is 11.9. The van der Waals surface area contributed by atoms with Crippen molar-refractivity contribution in [2.24, 2.45) is 0 Å². The van der Waals surface area contributed by atoms with E-state index in [0.29, 0.717) is 5.02 Å². The first-order chi connectivity index (χ1) is 10.1. The maximum absolute atomic E-state index is 11.9. The molecule has 108 valence electrons. The van der Waals surface area contributed by atoms with Gasteiger partial charge in [0.25, 0.3) is 5.91 Å². The van der Waals surface area contributed by atoms with Crippen LogP contribution in [0.2, 0.25) is 10.0 Å². The van der Waals surface area contributed by atoms with Crippen LogP contribution < -0.4 is 10.9 Å². The molecule has 2 aromatic rings. The van der Waals surface area contributed by atoms with E-state index in [0.717, 1.165) is 5.56 Å². The van der Waals surface area contributed by atoms with Gasteiger partial charge >= 0.3 is 0 Å². The number of hydrogen-bond acceptors (Lipinski definition) is 2. The molecule has 21 heavy (non-hydrogen) atoms. The first kappa shape index (κ1) is 15.4. The van der Waals surface area contributed by atoms with Gasteiger partial charge in [0, 0.05) is 5.02 Å². The number of rotatable bonds is 3. The van der Waals surface area contributed by atoms with Gasteiger partial charge in [-0.15, -0.1) is 0 Å². The van der Waals surface area contributed by atoms with Crippen LogP contribution in [-0.2, 0) is 11.2 Å². The molecule has 0 bridgehead atoms. The fourth-order valence-electron chi connectivity index (χ4n) is 1.69. The molecule has 2 aromatic carbocycles. The summed E-state index contributed by atoms with van der Waals surface area (Å²) in [6.45, 7) is 0. The molecule has 0 spiro atoms. The molecule has 0 radical (unpaired) electrons. The third-order valence-electron chi connectivity index (χ3n) is 2.70. The highest BCUT2D eigenvalue weighted by Crippen LogP contribution is 2.20. The molecular formula is C15H12Cl2N2O2. The van der Waals surface area contributed by atoms with Crippen molar-refractivity contribution in [1.82, 2.24) is 10.9 Å². The molecule has 0 atom stereocenters. The van der Waals surface area contributed by atoms with Crippen LogP contribution in [0.15, 0.2) is 48.5 Å². The van der Waals surface area contributed by atoms with Crippen LogP contribution in [0, 0.1) is 0 Å².